The highest BCUT2D eigenvalue weighted by Crippen LogP contribution is 2.24. The molecule has 0 spiro atoms. The lowest BCUT2D eigenvalue weighted by molar-refractivity contribution is 0.0672. The van der Waals surface area contributed by atoms with Crippen molar-refractivity contribution in [3.05, 3.63) is 35.4 Å². The van der Waals surface area contributed by atoms with Crippen molar-refractivity contribution in [2.75, 3.05) is 18.4 Å². The van der Waals surface area contributed by atoms with Crippen molar-refractivity contribution in [1.82, 2.24) is 4.90 Å². The van der Waals surface area contributed by atoms with E-state index in [1.54, 1.807) is 0 Å². The molecular formula is C18H26BrNO. The first-order chi connectivity index (χ1) is 9.91. The number of hydrogen-bond donors (Lipinski definition) is 0. The van der Waals surface area contributed by atoms with Crippen LogP contribution in [0.5, 0.6) is 0 Å². The molecule has 2 nitrogen and oxygen atoms in total. The molecule has 0 aliphatic carbocycles. The highest BCUT2D eigenvalue weighted by molar-refractivity contribution is 9.09. The Bertz CT molecular complexity index is 473. The Morgan fingerprint density at radius 2 is 1.95 bits per heavy atom. The number of alkyl halides is 1. The fourth-order valence-electron chi connectivity index (χ4n) is 2.93. The van der Waals surface area contributed by atoms with Gasteiger partial charge in [0.2, 0.25) is 0 Å². The topological polar surface area (TPSA) is 20.3 Å². The van der Waals surface area contributed by atoms with Crippen molar-refractivity contribution in [2.24, 2.45) is 5.92 Å². The maximum atomic E-state index is 12.6. The molecule has 1 atom stereocenters. The molecule has 0 saturated carbocycles. The average Bonchev–Trinajstić information content (AvgIpc) is 2.46. The standard InChI is InChI=1S/C18H26BrNO/c1-18(2,3)16-8-6-15(7-9-16)17(21)20-12-4-5-14(13-20)10-11-19/h6-9,14H,4-5,10-13H2,1-3H3. The van der Waals surface area contributed by atoms with Crippen LogP contribution in [0.2, 0.25) is 0 Å². The molecule has 1 aromatic rings. The second kappa shape index (κ2) is 6.95. The number of carbonyl (C=O) groups excluding carboxylic acids is 1. The van der Waals surface area contributed by atoms with Gasteiger partial charge in [-0.05, 0) is 48.3 Å². The zero-order valence-electron chi connectivity index (χ0n) is 13.4. The molecule has 2 rings (SSSR count). The van der Waals surface area contributed by atoms with Crippen LogP contribution in [-0.2, 0) is 5.41 Å². The number of rotatable bonds is 3. The minimum absolute atomic E-state index is 0.133. The summed E-state index contributed by atoms with van der Waals surface area (Å²) in [7, 11) is 0. The number of nitrogens with zero attached hydrogens (tertiary/aromatic N) is 1. The van der Waals surface area contributed by atoms with E-state index in [0.717, 1.165) is 36.8 Å². The number of halogens is 1. The summed E-state index contributed by atoms with van der Waals surface area (Å²) < 4.78 is 0. The summed E-state index contributed by atoms with van der Waals surface area (Å²) in [6.07, 6.45) is 3.54. The molecule has 21 heavy (non-hydrogen) atoms. The lowest BCUT2D eigenvalue weighted by atomic mass is 9.86. The first-order valence-corrected chi connectivity index (χ1v) is 9.00. The van der Waals surface area contributed by atoms with Crippen molar-refractivity contribution in [1.29, 1.82) is 0 Å². The summed E-state index contributed by atoms with van der Waals surface area (Å²) in [5.74, 6) is 0.839. The van der Waals surface area contributed by atoms with Crippen molar-refractivity contribution in [3.8, 4) is 0 Å². The fourth-order valence-corrected chi connectivity index (χ4v) is 3.58. The molecular weight excluding hydrogens is 326 g/mol. The van der Waals surface area contributed by atoms with Crippen molar-refractivity contribution < 1.29 is 4.79 Å². The molecule has 3 heteroatoms. The molecule has 1 saturated heterocycles. The van der Waals surface area contributed by atoms with Crippen LogP contribution in [0.1, 0.15) is 56.0 Å². The number of amides is 1. The minimum atomic E-state index is 0.133. The second-order valence-corrected chi connectivity index (χ2v) is 7.86. The van der Waals surface area contributed by atoms with E-state index in [0.29, 0.717) is 5.92 Å². The van der Waals surface area contributed by atoms with Crippen LogP contribution in [0.3, 0.4) is 0 Å². The Morgan fingerprint density at radius 1 is 1.29 bits per heavy atom. The highest BCUT2D eigenvalue weighted by Gasteiger charge is 2.24. The van der Waals surface area contributed by atoms with E-state index in [1.165, 1.54) is 12.0 Å². The zero-order chi connectivity index (χ0) is 15.5. The Kier molecular flexibility index (Phi) is 5.48. The van der Waals surface area contributed by atoms with Gasteiger partial charge in [-0.3, -0.25) is 4.79 Å². The van der Waals surface area contributed by atoms with Gasteiger partial charge in [0.25, 0.3) is 5.91 Å². The van der Waals surface area contributed by atoms with Gasteiger partial charge in [-0.25, -0.2) is 0 Å². The number of benzene rings is 1. The third-order valence-corrected chi connectivity index (χ3v) is 4.78. The lowest BCUT2D eigenvalue weighted by Gasteiger charge is -2.32. The van der Waals surface area contributed by atoms with Crippen molar-refractivity contribution in [3.63, 3.8) is 0 Å². The second-order valence-electron chi connectivity index (χ2n) is 7.06. The largest absolute Gasteiger partial charge is 0.338 e. The number of piperidine rings is 1. The van der Waals surface area contributed by atoms with Crippen molar-refractivity contribution in [2.45, 2.75) is 45.4 Å². The van der Waals surface area contributed by atoms with Gasteiger partial charge in [-0.15, -0.1) is 0 Å². The first kappa shape index (κ1) is 16.5. The van der Waals surface area contributed by atoms with Crippen LogP contribution in [-0.4, -0.2) is 29.2 Å². The molecule has 1 unspecified atom stereocenters. The third kappa shape index (κ3) is 4.32. The van der Waals surface area contributed by atoms with Crippen LogP contribution in [0.25, 0.3) is 0 Å². The van der Waals surface area contributed by atoms with Crippen LogP contribution >= 0.6 is 15.9 Å². The van der Waals surface area contributed by atoms with Gasteiger partial charge in [-0.2, -0.15) is 0 Å². The van der Waals surface area contributed by atoms with E-state index in [4.69, 9.17) is 0 Å². The number of hydrogen-bond acceptors (Lipinski definition) is 1. The van der Waals surface area contributed by atoms with E-state index in [9.17, 15) is 4.79 Å². The SMILES string of the molecule is CC(C)(C)c1ccc(C(=O)N2CCCC(CCBr)C2)cc1. The predicted octanol–water partition coefficient (Wildman–Crippen LogP) is 4.62. The number of carbonyl (C=O) groups is 1. The molecule has 0 radical (unpaired) electrons. The summed E-state index contributed by atoms with van der Waals surface area (Å²) in [6, 6.07) is 8.15. The van der Waals surface area contributed by atoms with Crippen molar-refractivity contribution >= 4 is 21.8 Å². The minimum Gasteiger partial charge on any atom is -0.338 e. The van der Waals surface area contributed by atoms with Crippen LogP contribution in [0, 0.1) is 5.92 Å². The Labute approximate surface area is 137 Å². The van der Waals surface area contributed by atoms with E-state index in [1.807, 2.05) is 17.0 Å². The molecule has 1 aliphatic rings. The monoisotopic (exact) mass is 351 g/mol. The highest BCUT2D eigenvalue weighted by atomic mass is 79.9. The van der Waals surface area contributed by atoms with Crippen LogP contribution in [0.15, 0.2) is 24.3 Å². The quantitative estimate of drug-likeness (QED) is 0.727. The van der Waals surface area contributed by atoms with Gasteiger partial charge < -0.3 is 4.90 Å². The summed E-state index contributed by atoms with van der Waals surface area (Å²) in [6.45, 7) is 8.39. The normalized spacial score (nSPS) is 19.6. The molecule has 1 fully saturated rings. The van der Waals surface area contributed by atoms with Crippen LogP contribution < -0.4 is 0 Å². The van der Waals surface area contributed by atoms with Crippen LogP contribution in [0.4, 0.5) is 0 Å². The van der Waals surface area contributed by atoms with Gasteiger partial charge in [0.15, 0.2) is 0 Å². The van der Waals surface area contributed by atoms with E-state index in [2.05, 4.69) is 48.8 Å². The van der Waals surface area contributed by atoms with E-state index in [-0.39, 0.29) is 11.3 Å². The summed E-state index contributed by atoms with van der Waals surface area (Å²) in [5, 5.41) is 1.03. The molecule has 0 N–H and O–H groups in total. The van der Waals surface area contributed by atoms with Gasteiger partial charge in [0.05, 0.1) is 0 Å². The Balaban J connectivity index is 2.05. The Hall–Kier alpha value is -0.830. The van der Waals surface area contributed by atoms with E-state index >= 15 is 0 Å². The maximum Gasteiger partial charge on any atom is 0.253 e. The predicted molar refractivity (Wildman–Crippen MR) is 92.2 cm³/mol. The summed E-state index contributed by atoms with van der Waals surface area (Å²) in [4.78, 5) is 14.7. The molecule has 116 valence electrons. The molecule has 1 aromatic carbocycles. The molecule has 0 bridgehead atoms. The van der Waals surface area contributed by atoms with Gasteiger partial charge in [-0.1, -0.05) is 48.8 Å². The average molecular weight is 352 g/mol. The summed E-state index contributed by atoms with van der Waals surface area (Å²) >= 11 is 3.51. The molecule has 1 aliphatic heterocycles. The van der Waals surface area contributed by atoms with E-state index < -0.39 is 0 Å². The molecule has 1 amide bonds. The summed E-state index contributed by atoms with van der Waals surface area (Å²) in [5.41, 5.74) is 2.23. The number of likely N-dealkylation sites (tertiary alicyclic amines) is 1. The van der Waals surface area contributed by atoms with Gasteiger partial charge in [0, 0.05) is 24.0 Å². The first-order valence-electron chi connectivity index (χ1n) is 7.87. The molecule has 0 aromatic heterocycles. The zero-order valence-corrected chi connectivity index (χ0v) is 14.9. The fraction of sp³-hybridized carbons (Fsp3) is 0.611. The van der Waals surface area contributed by atoms with Gasteiger partial charge >= 0.3 is 0 Å². The molecule has 1 heterocycles. The lowest BCUT2D eigenvalue weighted by Crippen LogP contribution is -2.40. The third-order valence-electron chi connectivity index (χ3n) is 4.32. The van der Waals surface area contributed by atoms with Gasteiger partial charge in [0.1, 0.15) is 0 Å². The smallest absolute Gasteiger partial charge is 0.253 e. The Morgan fingerprint density at radius 3 is 2.52 bits per heavy atom. The maximum absolute atomic E-state index is 12.6.